The van der Waals surface area contributed by atoms with Crippen molar-refractivity contribution in [3.63, 3.8) is 0 Å². The molecule has 0 amide bonds. The molecule has 1 saturated heterocycles. The summed E-state index contributed by atoms with van der Waals surface area (Å²) in [6.45, 7) is 9.06. The first-order valence-corrected chi connectivity index (χ1v) is 11.0. The molecule has 1 aliphatic heterocycles. The Morgan fingerprint density at radius 1 is 1.40 bits per heavy atom. The Morgan fingerprint density at radius 2 is 2.00 bits per heavy atom. The number of nitrogens with zero attached hydrogens (tertiary/aromatic N) is 1. The van der Waals surface area contributed by atoms with Crippen LogP contribution in [0.5, 0.6) is 0 Å². The van der Waals surface area contributed by atoms with E-state index in [-0.39, 0.29) is 6.61 Å². The van der Waals surface area contributed by atoms with Crippen LogP contribution in [0.25, 0.3) is 0 Å². The molecule has 1 aromatic heterocycles. The molecule has 0 spiro atoms. The summed E-state index contributed by atoms with van der Waals surface area (Å²) < 4.78 is 26.1. The lowest BCUT2D eigenvalue weighted by Crippen LogP contribution is -2.59. The Labute approximate surface area is 145 Å². The average molecular weight is 376 g/mol. The summed E-state index contributed by atoms with van der Waals surface area (Å²) in [6.07, 6.45) is -2.96. The molecule has 1 aliphatic rings. The third-order valence-corrected chi connectivity index (χ3v) is 6.66. The molecule has 25 heavy (non-hydrogen) atoms. The zero-order chi connectivity index (χ0) is 19.2. The van der Waals surface area contributed by atoms with Gasteiger partial charge in [0.25, 0.3) is 5.56 Å². The molecule has 1 aromatic rings. The summed E-state index contributed by atoms with van der Waals surface area (Å²) in [7, 11) is -2.07. The number of nitrogens with one attached hydrogen (secondary N) is 1. The fourth-order valence-corrected chi connectivity index (χ4v) is 5.03. The zero-order valence-corrected chi connectivity index (χ0v) is 16.1. The lowest BCUT2D eigenvalue weighted by molar-refractivity contribution is -0.121. The Hall–Kier alpha value is -1.33. The first-order chi connectivity index (χ1) is 11.4. The number of rotatable bonds is 4. The maximum Gasteiger partial charge on any atom is 0.330 e. The summed E-state index contributed by atoms with van der Waals surface area (Å²) in [5, 5.41) is 19.4. The van der Waals surface area contributed by atoms with Crippen LogP contribution in [0, 0.1) is 5.82 Å². The van der Waals surface area contributed by atoms with Crippen molar-refractivity contribution in [3.8, 4) is 0 Å². The molecule has 8 nitrogen and oxygen atoms in total. The van der Waals surface area contributed by atoms with Crippen LogP contribution in [-0.2, 0) is 14.8 Å². The topological polar surface area (TPSA) is 114 Å². The second-order valence-corrected chi connectivity index (χ2v) is 10.7. The molecule has 10 heteroatoms. The highest BCUT2D eigenvalue weighted by Crippen LogP contribution is 2.37. The molecule has 2 rings (SSSR count). The summed E-state index contributed by atoms with van der Waals surface area (Å²) in [5.41, 5.74) is -2.55. The lowest BCUT2D eigenvalue weighted by atomic mass is 10.1. The molecule has 0 aromatic carbocycles. The van der Waals surface area contributed by atoms with E-state index in [4.69, 9.17) is 9.47 Å². The van der Waals surface area contributed by atoms with Gasteiger partial charge < -0.3 is 19.7 Å². The van der Waals surface area contributed by atoms with Crippen molar-refractivity contribution in [2.24, 2.45) is 0 Å². The lowest BCUT2D eigenvalue weighted by Gasteiger charge is -2.37. The largest absolute Gasteiger partial charge is 0.387 e. The Kier molecular flexibility index (Phi) is 5.41. The number of aromatic nitrogens is 2. The van der Waals surface area contributed by atoms with E-state index >= 15 is 0 Å². The minimum Gasteiger partial charge on any atom is -0.387 e. The standard InChI is InChI=1S/C15H25FN2O6Si/c1-14(2,3)23-7-9-10(19)11(20)15(24-9,25(4)5)18-6-8(16)12(21)17-13(18)22/h6,9-11,19-20,25H,7H2,1-5H3,(H,17,21,22)/t9-,10-,11-,15+/m1/s1. The summed E-state index contributed by atoms with van der Waals surface area (Å²) >= 11 is 0. The smallest absolute Gasteiger partial charge is 0.330 e. The van der Waals surface area contributed by atoms with E-state index in [0.29, 0.717) is 0 Å². The number of aromatic amines is 1. The molecule has 0 saturated carbocycles. The average Bonchev–Trinajstić information content (AvgIpc) is 2.74. The molecular weight excluding hydrogens is 351 g/mol. The van der Waals surface area contributed by atoms with Crippen LogP contribution in [0.2, 0.25) is 13.1 Å². The van der Waals surface area contributed by atoms with Crippen LogP contribution in [0.3, 0.4) is 0 Å². The first kappa shape index (κ1) is 20.0. The second kappa shape index (κ2) is 6.76. The van der Waals surface area contributed by atoms with Gasteiger partial charge in [0.05, 0.1) is 27.2 Å². The van der Waals surface area contributed by atoms with Gasteiger partial charge in [0.1, 0.15) is 18.3 Å². The third kappa shape index (κ3) is 3.63. The highest BCUT2D eigenvalue weighted by molar-refractivity contribution is 6.58. The van der Waals surface area contributed by atoms with Crippen LogP contribution in [0.4, 0.5) is 4.39 Å². The number of halogens is 1. The van der Waals surface area contributed by atoms with Gasteiger partial charge in [-0.05, 0) is 20.8 Å². The van der Waals surface area contributed by atoms with Crippen molar-refractivity contribution in [1.29, 1.82) is 0 Å². The number of H-pyrrole nitrogens is 1. The Morgan fingerprint density at radius 3 is 2.52 bits per heavy atom. The van der Waals surface area contributed by atoms with Crippen molar-refractivity contribution in [3.05, 3.63) is 32.9 Å². The van der Waals surface area contributed by atoms with Gasteiger partial charge in [0.2, 0.25) is 5.82 Å². The molecule has 0 unspecified atom stereocenters. The highest BCUT2D eigenvalue weighted by atomic mass is 28.3. The molecule has 0 aliphatic carbocycles. The SMILES string of the molecule is C[SiH](C)[C@@]1(n2cc(F)c(=O)[nH]c2=O)O[C@H](COC(C)(C)C)[C@@H](O)[C@H]1O. The predicted molar refractivity (Wildman–Crippen MR) is 90.7 cm³/mol. The zero-order valence-electron chi connectivity index (χ0n) is 14.9. The van der Waals surface area contributed by atoms with Crippen LogP contribution >= 0.6 is 0 Å². The summed E-state index contributed by atoms with van der Waals surface area (Å²) in [5.74, 6) is -1.17. The molecular formula is C15H25FN2O6Si. The van der Waals surface area contributed by atoms with E-state index in [1.807, 2.05) is 25.8 Å². The Balaban J connectivity index is 2.49. The minimum atomic E-state index is -2.07. The van der Waals surface area contributed by atoms with Crippen LogP contribution in [-0.4, -0.2) is 59.1 Å². The number of ether oxygens (including phenoxy) is 2. The van der Waals surface area contributed by atoms with Gasteiger partial charge in [0, 0.05) is 0 Å². The number of aliphatic hydroxyl groups excluding tert-OH is 2. The molecule has 142 valence electrons. The van der Waals surface area contributed by atoms with E-state index in [2.05, 4.69) is 0 Å². The van der Waals surface area contributed by atoms with Gasteiger partial charge in [-0.15, -0.1) is 0 Å². The maximum absolute atomic E-state index is 13.8. The van der Waals surface area contributed by atoms with E-state index in [9.17, 15) is 24.2 Å². The second-order valence-electron chi connectivity index (χ2n) is 7.53. The van der Waals surface area contributed by atoms with Crippen LogP contribution in [0.15, 0.2) is 15.8 Å². The van der Waals surface area contributed by atoms with Crippen LogP contribution in [0.1, 0.15) is 20.8 Å². The summed E-state index contributed by atoms with van der Waals surface area (Å²) in [6, 6.07) is 0. The van der Waals surface area contributed by atoms with Gasteiger partial charge in [0.15, 0.2) is 5.35 Å². The predicted octanol–water partition coefficient (Wildman–Crippen LogP) is -0.710. The molecule has 4 atom stereocenters. The number of aliphatic hydroxyl groups is 2. The van der Waals surface area contributed by atoms with Crippen molar-refractivity contribution in [1.82, 2.24) is 9.55 Å². The van der Waals surface area contributed by atoms with Gasteiger partial charge in [-0.1, -0.05) is 13.1 Å². The molecule has 2 heterocycles. The molecule has 0 radical (unpaired) electrons. The van der Waals surface area contributed by atoms with E-state index in [1.165, 1.54) is 0 Å². The van der Waals surface area contributed by atoms with Gasteiger partial charge in [-0.25, -0.2) is 4.79 Å². The van der Waals surface area contributed by atoms with E-state index in [0.717, 1.165) is 10.8 Å². The fraction of sp³-hybridized carbons (Fsp3) is 0.733. The normalized spacial score (nSPS) is 30.2. The van der Waals surface area contributed by atoms with Crippen molar-refractivity contribution < 1.29 is 24.1 Å². The maximum atomic E-state index is 13.8. The van der Waals surface area contributed by atoms with Gasteiger partial charge >= 0.3 is 5.69 Å². The van der Waals surface area contributed by atoms with E-state index < -0.39 is 55.1 Å². The minimum absolute atomic E-state index is 0.00875. The monoisotopic (exact) mass is 376 g/mol. The van der Waals surface area contributed by atoms with Crippen molar-refractivity contribution in [2.45, 2.75) is 63.1 Å². The molecule has 1 fully saturated rings. The summed E-state index contributed by atoms with van der Waals surface area (Å²) in [4.78, 5) is 25.4. The highest BCUT2D eigenvalue weighted by Gasteiger charge is 2.58. The number of hydrogen-bond donors (Lipinski definition) is 3. The van der Waals surface area contributed by atoms with E-state index in [1.54, 1.807) is 13.1 Å². The van der Waals surface area contributed by atoms with Gasteiger partial charge in [-0.2, -0.15) is 4.39 Å². The third-order valence-electron chi connectivity index (χ3n) is 4.25. The van der Waals surface area contributed by atoms with Crippen molar-refractivity contribution >= 4 is 8.80 Å². The Bertz CT molecular complexity index is 743. The van der Waals surface area contributed by atoms with Gasteiger partial charge in [-0.3, -0.25) is 14.3 Å². The first-order valence-electron chi connectivity index (χ1n) is 8.10. The fourth-order valence-electron chi connectivity index (χ4n) is 2.96. The van der Waals surface area contributed by atoms with Crippen LogP contribution < -0.4 is 11.2 Å². The quantitative estimate of drug-likeness (QED) is 0.598. The number of hydrogen-bond acceptors (Lipinski definition) is 6. The molecule has 3 N–H and O–H groups in total. The molecule has 0 bridgehead atoms. The van der Waals surface area contributed by atoms with Crippen molar-refractivity contribution in [2.75, 3.05) is 6.61 Å².